The summed E-state index contributed by atoms with van der Waals surface area (Å²) in [5, 5.41) is 5.46. The number of carbonyl (C=O) groups is 3. The molecule has 3 amide bonds. The van der Waals surface area contributed by atoms with E-state index < -0.39 is 0 Å². The molecule has 0 aliphatic carbocycles. The number of nitrogens with zero attached hydrogens (tertiary/aromatic N) is 1. The van der Waals surface area contributed by atoms with Gasteiger partial charge in [-0.15, -0.1) is 0 Å². The number of nitrogens with one attached hydrogen (secondary N) is 2. The average Bonchev–Trinajstić information content (AvgIpc) is 2.44. The Kier molecular flexibility index (Phi) is 9.48. The normalized spacial score (nSPS) is 9.84. The van der Waals surface area contributed by atoms with E-state index >= 15 is 0 Å². The quantitative estimate of drug-likeness (QED) is 0.632. The summed E-state index contributed by atoms with van der Waals surface area (Å²) in [7, 11) is 0. The maximum atomic E-state index is 11.7. The molecule has 6 heteroatoms. The molecular formula is C13H25N3O3. The Morgan fingerprint density at radius 2 is 1.21 bits per heavy atom. The van der Waals surface area contributed by atoms with Crippen molar-refractivity contribution in [1.82, 2.24) is 15.5 Å². The van der Waals surface area contributed by atoms with Gasteiger partial charge in [-0.25, -0.2) is 0 Å². The molecule has 6 nitrogen and oxygen atoms in total. The highest BCUT2D eigenvalue weighted by Crippen LogP contribution is 1.93. The molecule has 0 saturated carbocycles. The average molecular weight is 271 g/mol. The zero-order valence-electron chi connectivity index (χ0n) is 12.1. The van der Waals surface area contributed by atoms with Crippen molar-refractivity contribution in [2.24, 2.45) is 0 Å². The van der Waals surface area contributed by atoms with Crippen LogP contribution in [0.2, 0.25) is 0 Å². The van der Waals surface area contributed by atoms with Crippen LogP contribution in [0.25, 0.3) is 0 Å². The summed E-state index contributed by atoms with van der Waals surface area (Å²) in [4.78, 5) is 35.6. The van der Waals surface area contributed by atoms with Gasteiger partial charge in [0.15, 0.2) is 0 Å². The van der Waals surface area contributed by atoms with Crippen molar-refractivity contribution in [2.45, 2.75) is 40.0 Å². The fraction of sp³-hybridized carbons (Fsp3) is 0.769. The topological polar surface area (TPSA) is 78.5 Å². The summed E-state index contributed by atoms with van der Waals surface area (Å²) in [6.45, 7) is 7.20. The van der Waals surface area contributed by atoms with Gasteiger partial charge >= 0.3 is 0 Å². The van der Waals surface area contributed by atoms with Crippen LogP contribution >= 0.6 is 0 Å². The summed E-state index contributed by atoms with van der Waals surface area (Å²) < 4.78 is 0. The van der Waals surface area contributed by atoms with Crippen LogP contribution in [-0.2, 0) is 14.4 Å². The smallest absolute Gasteiger partial charge is 0.222 e. The predicted octanol–water partition coefficient (Wildman–Crippen LogP) is 0.277. The lowest BCUT2D eigenvalue weighted by Crippen LogP contribution is -2.42. The monoisotopic (exact) mass is 271 g/mol. The van der Waals surface area contributed by atoms with E-state index in [1.165, 1.54) is 0 Å². The first-order valence-corrected chi connectivity index (χ1v) is 6.86. The maximum Gasteiger partial charge on any atom is 0.222 e. The summed E-state index contributed by atoms with van der Waals surface area (Å²) in [5.74, 6) is -0.0251. The highest BCUT2D eigenvalue weighted by molar-refractivity contribution is 5.77. The first-order chi connectivity index (χ1) is 9.04. The van der Waals surface area contributed by atoms with Gasteiger partial charge < -0.3 is 15.5 Å². The Hall–Kier alpha value is -1.59. The van der Waals surface area contributed by atoms with Crippen molar-refractivity contribution in [3.05, 3.63) is 0 Å². The van der Waals surface area contributed by atoms with Crippen molar-refractivity contribution < 1.29 is 14.4 Å². The summed E-state index contributed by atoms with van der Waals surface area (Å²) >= 11 is 0. The largest absolute Gasteiger partial charge is 0.354 e. The first kappa shape index (κ1) is 17.4. The van der Waals surface area contributed by atoms with Gasteiger partial charge in [-0.1, -0.05) is 20.8 Å². The number of carbonyl (C=O) groups excluding carboxylic acids is 3. The molecule has 0 heterocycles. The van der Waals surface area contributed by atoms with Gasteiger partial charge in [0.25, 0.3) is 0 Å². The van der Waals surface area contributed by atoms with E-state index in [0.29, 0.717) is 45.4 Å². The molecule has 0 aliphatic rings. The fourth-order valence-electron chi connectivity index (χ4n) is 1.50. The molecule has 0 fully saturated rings. The van der Waals surface area contributed by atoms with Gasteiger partial charge in [-0.3, -0.25) is 14.4 Å². The van der Waals surface area contributed by atoms with Crippen LogP contribution in [0.5, 0.6) is 0 Å². The zero-order valence-corrected chi connectivity index (χ0v) is 12.1. The number of hydrogen-bond acceptors (Lipinski definition) is 3. The third kappa shape index (κ3) is 8.18. The van der Waals surface area contributed by atoms with Gasteiger partial charge in [0, 0.05) is 45.4 Å². The Balaban J connectivity index is 4.06. The molecule has 0 atom stereocenters. The molecular weight excluding hydrogens is 246 g/mol. The second kappa shape index (κ2) is 10.3. The predicted molar refractivity (Wildman–Crippen MR) is 73.5 cm³/mol. The highest BCUT2D eigenvalue weighted by Gasteiger charge is 2.11. The molecule has 0 bridgehead atoms. The van der Waals surface area contributed by atoms with E-state index in [2.05, 4.69) is 10.6 Å². The summed E-state index contributed by atoms with van der Waals surface area (Å²) in [5.41, 5.74) is 0. The van der Waals surface area contributed by atoms with Crippen LogP contribution in [0.4, 0.5) is 0 Å². The van der Waals surface area contributed by atoms with Crippen LogP contribution in [0.3, 0.4) is 0 Å². The molecule has 2 N–H and O–H groups in total. The van der Waals surface area contributed by atoms with Crippen LogP contribution < -0.4 is 10.6 Å². The number of amides is 3. The minimum Gasteiger partial charge on any atom is -0.354 e. The van der Waals surface area contributed by atoms with E-state index in [0.717, 1.165) is 0 Å². The minimum atomic E-state index is -0.0248. The van der Waals surface area contributed by atoms with Crippen LogP contribution in [0.1, 0.15) is 40.0 Å². The van der Waals surface area contributed by atoms with Crippen molar-refractivity contribution in [1.29, 1.82) is 0 Å². The maximum absolute atomic E-state index is 11.7. The molecule has 110 valence electrons. The third-order valence-electron chi connectivity index (χ3n) is 2.71. The number of rotatable bonds is 9. The first-order valence-electron chi connectivity index (χ1n) is 6.86. The molecule has 0 spiro atoms. The standard InChI is InChI=1S/C13H25N3O3/c1-4-11(17)14-7-9-16(13(19)6-3)10-8-15-12(18)5-2/h4-10H2,1-3H3,(H,14,17)(H,15,18). The molecule has 0 aromatic rings. The van der Waals surface area contributed by atoms with Crippen molar-refractivity contribution in [2.75, 3.05) is 26.2 Å². The SMILES string of the molecule is CCC(=O)NCCN(CCNC(=O)CC)C(=O)CC. The lowest BCUT2D eigenvalue weighted by molar-refractivity contribution is -0.131. The van der Waals surface area contributed by atoms with Crippen LogP contribution in [0, 0.1) is 0 Å². The molecule has 0 aromatic carbocycles. The minimum absolute atomic E-state index is 0.0245. The van der Waals surface area contributed by atoms with Crippen LogP contribution in [-0.4, -0.2) is 48.8 Å². The summed E-state index contributed by atoms with van der Waals surface area (Å²) in [6.07, 6.45) is 1.30. The van der Waals surface area contributed by atoms with Crippen molar-refractivity contribution in [3.63, 3.8) is 0 Å². The van der Waals surface area contributed by atoms with Crippen LogP contribution in [0.15, 0.2) is 0 Å². The van der Waals surface area contributed by atoms with Gasteiger partial charge in [0.1, 0.15) is 0 Å². The Bertz CT molecular complexity index is 284. The second-order valence-electron chi connectivity index (χ2n) is 4.14. The molecule has 19 heavy (non-hydrogen) atoms. The molecule has 0 saturated heterocycles. The van der Waals surface area contributed by atoms with Crippen molar-refractivity contribution >= 4 is 17.7 Å². The number of hydrogen-bond donors (Lipinski definition) is 2. The molecule has 0 radical (unpaired) electrons. The summed E-state index contributed by atoms with van der Waals surface area (Å²) in [6, 6.07) is 0. The lowest BCUT2D eigenvalue weighted by atomic mass is 10.3. The Morgan fingerprint density at radius 3 is 1.53 bits per heavy atom. The van der Waals surface area contributed by atoms with Gasteiger partial charge in [-0.2, -0.15) is 0 Å². The second-order valence-corrected chi connectivity index (χ2v) is 4.14. The van der Waals surface area contributed by atoms with E-state index in [9.17, 15) is 14.4 Å². The Morgan fingerprint density at radius 1 is 0.789 bits per heavy atom. The van der Waals surface area contributed by atoms with E-state index in [1.807, 2.05) is 0 Å². The Labute approximate surface area is 114 Å². The molecule has 0 unspecified atom stereocenters. The van der Waals surface area contributed by atoms with Gasteiger partial charge in [0.2, 0.25) is 17.7 Å². The molecule has 0 aliphatic heterocycles. The van der Waals surface area contributed by atoms with E-state index in [-0.39, 0.29) is 17.7 Å². The third-order valence-corrected chi connectivity index (χ3v) is 2.71. The van der Waals surface area contributed by atoms with E-state index in [4.69, 9.17) is 0 Å². The molecule has 0 rings (SSSR count). The highest BCUT2D eigenvalue weighted by atomic mass is 16.2. The van der Waals surface area contributed by atoms with Crippen molar-refractivity contribution in [3.8, 4) is 0 Å². The lowest BCUT2D eigenvalue weighted by Gasteiger charge is -2.22. The zero-order chi connectivity index (χ0) is 14.7. The van der Waals surface area contributed by atoms with Gasteiger partial charge in [0.05, 0.1) is 0 Å². The molecule has 0 aromatic heterocycles. The fourth-order valence-corrected chi connectivity index (χ4v) is 1.50. The van der Waals surface area contributed by atoms with E-state index in [1.54, 1.807) is 25.7 Å². The van der Waals surface area contributed by atoms with Gasteiger partial charge in [-0.05, 0) is 0 Å².